The second-order valence-corrected chi connectivity index (χ2v) is 4.84. The number of nitrogens with two attached hydrogens (primary N) is 1. The molecule has 2 atom stereocenters. The molecule has 1 saturated heterocycles. The standard InChI is InChI=1S/C13H18N2O/c1-15-6-4-11(14)13(15)10-2-3-12-9(8-10)5-7-16-12/h2-3,8,11,13H,4-7,14H2,1H3. The first kappa shape index (κ1) is 10.1. The minimum atomic E-state index is 0.269. The number of benzene rings is 1. The molecule has 0 spiro atoms. The summed E-state index contributed by atoms with van der Waals surface area (Å²) in [5.74, 6) is 1.05. The van der Waals surface area contributed by atoms with Crippen LogP contribution < -0.4 is 10.5 Å². The molecule has 2 N–H and O–H groups in total. The van der Waals surface area contributed by atoms with E-state index in [2.05, 4.69) is 30.1 Å². The highest BCUT2D eigenvalue weighted by atomic mass is 16.5. The zero-order chi connectivity index (χ0) is 11.1. The number of rotatable bonds is 1. The van der Waals surface area contributed by atoms with Gasteiger partial charge in [-0.1, -0.05) is 12.1 Å². The van der Waals surface area contributed by atoms with Crippen molar-refractivity contribution in [3.8, 4) is 5.75 Å². The highest BCUT2D eigenvalue weighted by Crippen LogP contribution is 2.34. The molecule has 2 aliphatic rings. The van der Waals surface area contributed by atoms with Gasteiger partial charge in [0, 0.05) is 25.0 Å². The van der Waals surface area contributed by atoms with Gasteiger partial charge in [-0.05, 0) is 30.7 Å². The first-order valence-corrected chi connectivity index (χ1v) is 5.97. The minimum Gasteiger partial charge on any atom is -0.493 e. The number of hydrogen-bond donors (Lipinski definition) is 1. The van der Waals surface area contributed by atoms with Gasteiger partial charge in [0.2, 0.25) is 0 Å². The van der Waals surface area contributed by atoms with Crippen LogP contribution in [-0.4, -0.2) is 31.1 Å². The lowest BCUT2D eigenvalue weighted by Gasteiger charge is -2.23. The Morgan fingerprint density at radius 2 is 2.31 bits per heavy atom. The average molecular weight is 218 g/mol. The van der Waals surface area contributed by atoms with E-state index in [9.17, 15) is 0 Å². The molecular weight excluding hydrogens is 200 g/mol. The van der Waals surface area contributed by atoms with E-state index < -0.39 is 0 Å². The Hall–Kier alpha value is -1.06. The molecule has 1 aromatic rings. The third kappa shape index (κ3) is 1.51. The molecule has 2 unspecified atom stereocenters. The summed E-state index contributed by atoms with van der Waals surface area (Å²) in [5, 5.41) is 0. The van der Waals surface area contributed by atoms with Crippen molar-refractivity contribution in [2.75, 3.05) is 20.2 Å². The van der Waals surface area contributed by atoms with E-state index in [4.69, 9.17) is 10.5 Å². The summed E-state index contributed by atoms with van der Waals surface area (Å²) in [6.45, 7) is 1.92. The maximum absolute atomic E-state index is 6.17. The SMILES string of the molecule is CN1CCC(N)C1c1ccc2c(c1)CCO2. The van der Waals surface area contributed by atoms with E-state index in [1.807, 2.05) is 0 Å². The van der Waals surface area contributed by atoms with E-state index in [0.717, 1.165) is 31.7 Å². The zero-order valence-electron chi connectivity index (χ0n) is 9.65. The molecule has 0 aromatic heterocycles. The topological polar surface area (TPSA) is 38.5 Å². The lowest BCUT2D eigenvalue weighted by molar-refractivity contribution is 0.304. The van der Waals surface area contributed by atoms with Crippen molar-refractivity contribution in [2.24, 2.45) is 5.73 Å². The van der Waals surface area contributed by atoms with E-state index in [1.54, 1.807) is 0 Å². The average Bonchev–Trinajstić information content (AvgIpc) is 2.85. The van der Waals surface area contributed by atoms with Crippen molar-refractivity contribution in [1.29, 1.82) is 0 Å². The molecule has 2 heterocycles. The Morgan fingerprint density at radius 1 is 1.44 bits per heavy atom. The fraction of sp³-hybridized carbons (Fsp3) is 0.538. The summed E-state index contributed by atoms with van der Waals surface area (Å²) in [4.78, 5) is 2.35. The molecule has 3 heteroatoms. The largest absolute Gasteiger partial charge is 0.493 e. The lowest BCUT2D eigenvalue weighted by Crippen LogP contribution is -2.29. The van der Waals surface area contributed by atoms with Crippen LogP contribution in [0.15, 0.2) is 18.2 Å². The third-order valence-corrected chi connectivity index (χ3v) is 3.75. The maximum atomic E-state index is 6.17. The Bertz CT molecular complexity index is 395. The van der Waals surface area contributed by atoms with Gasteiger partial charge >= 0.3 is 0 Å². The Balaban J connectivity index is 1.94. The van der Waals surface area contributed by atoms with Gasteiger partial charge in [-0.25, -0.2) is 0 Å². The van der Waals surface area contributed by atoms with E-state index in [1.165, 1.54) is 11.1 Å². The second-order valence-electron chi connectivity index (χ2n) is 4.84. The van der Waals surface area contributed by atoms with Crippen molar-refractivity contribution < 1.29 is 4.74 Å². The predicted octanol–water partition coefficient (Wildman–Crippen LogP) is 1.33. The van der Waals surface area contributed by atoms with E-state index in [-0.39, 0.29) is 6.04 Å². The minimum absolute atomic E-state index is 0.269. The highest BCUT2D eigenvalue weighted by molar-refractivity contribution is 5.41. The Kier molecular flexibility index (Phi) is 2.37. The number of likely N-dealkylation sites (N-methyl/N-ethyl adjacent to an activating group) is 1. The van der Waals surface area contributed by atoms with Crippen LogP contribution in [0.3, 0.4) is 0 Å². The molecule has 3 rings (SSSR count). The summed E-state index contributed by atoms with van der Waals surface area (Å²) in [7, 11) is 2.15. The number of likely N-dealkylation sites (tertiary alicyclic amines) is 1. The van der Waals surface area contributed by atoms with Gasteiger partial charge in [0.15, 0.2) is 0 Å². The lowest BCUT2D eigenvalue weighted by atomic mass is 9.98. The maximum Gasteiger partial charge on any atom is 0.122 e. The zero-order valence-corrected chi connectivity index (χ0v) is 9.65. The van der Waals surface area contributed by atoms with Crippen molar-refractivity contribution in [3.63, 3.8) is 0 Å². The number of hydrogen-bond acceptors (Lipinski definition) is 3. The van der Waals surface area contributed by atoms with E-state index in [0.29, 0.717) is 6.04 Å². The van der Waals surface area contributed by atoms with Gasteiger partial charge in [-0.2, -0.15) is 0 Å². The van der Waals surface area contributed by atoms with Gasteiger partial charge in [-0.15, -0.1) is 0 Å². The monoisotopic (exact) mass is 218 g/mol. The summed E-state index contributed by atoms with van der Waals surface area (Å²) >= 11 is 0. The van der Waals surface area contributed by atoms with Gasteiger partial charge < -0.3 is 10.5 Å². The van der Waals surface area contributed by atoms with Gasteiger partial charge in [-0.3, -0.25) is 4.90 Å². The molecule has 1 fully saturated rings. The van der Waals surface area contributed by atoms with Crippen LogP contribution in [0.2, 0.25) is 0 Å². The molecule has 1 aromatic carbocycles. The molecule has 0 aliphatic carbocycles. The molecule has 3 nitrogen and oxygen atoms in total. The number of nitrogens with zero attached hydrogens (tertiary/aromatic N) is 1. The normalized spacial score (nSPS) is 29.1. The van der Waals surface area contributed by atoms with Crippen LogP contribution in [0, 0.1) is 0 Å². The second kappa shape index (κ2) is 3.75. The number of fused-ring (bicyclic) bond motifs is 1. The third-order valence-electron chi connectivity index (χ3n) is 3.75. The van der Waals surface area contributed by atoms with Gasteiger partial charge in [0.25, 0.3) is 0 Å². The smallest absolute Gasteiger partial charge is 0.122 e. The highest BCUT2D eigenvalue weighted by Gasteiger charge is 2.30. The van der Waals surface area contributed by atoms with Crippen molar-refractivity contribution >= 4 is 0 Å². The molecule has 16 heavy (non-hydrogen) atoms. The van der Waals surface area contributed by atoms with Gasteiger partial charge in [0.1, 0.15) is 5.75 Å². The first-order valence-electron chi connectivity index (χ1n) is 5.97. The molecule has 0 radical (unpaired) electrons. The Labute approximate surface area is 96.2 Å². The summed E-state index contributed by atoms with van der Waals surface area (Å²) < 4.78 is 5.52. The fourth-order valence-electron chi connectivity index (χ4n) is 2.87. The quantitative estimate of drug-likeness (QED) is 0.772. The Morgan fingerprint density at radius 3 is 3.06 bits per heavy atom. The summed E-state index contributed by atoms with van der Waals surface area (Å²) in [6.07, 6.45) is 2.13. The first-order chi connectivity index (χ1) is 7.75. The van der Waals surface area contributed by atoms with Crippen LogP contribution in [0.4, 0.5) is 0 Å². The molecule has 2 aliphatic heterocycles. The molecule has 0 amide bonds. The fourth-order valence-corrected chi connectivity index (χ4v) is 2.87. The van der Waals surface area contributed by atoms with Crippen molar-refractivity contribution in [2.45, 2.75) is 24.9 Å². The van der Waals surface area contributed by atoms with Crippen LogP contribution in [-0.2, 0) is 6.42 Å². The van der Waals surface area contributed by atoms with Crippen LogP contribution in [0.5, 0.6) is 5.75 Å². The van der Waals surface area contributed by atoms with Crippen LogP contribution in [0.1, 0.15) is 23.6 Å². The molecule has 86 valence electrons. The van der Waals surface area contributed by atoms with E-state index >= 15 is 0 Å². The van der Waals surface area contributed by atoms with Crippen molar-refractivity contribution in [3.05, 3.63) is 29.3 Å². The van der Waals surface area contributed by atoms with Crippen LogP contribution >= 0.6 is 0 Å². The number of ether oxygens (including phenoxy) is 1. The molecule has 0 saturated carbocycles. The van der Waals surface area contributed by atoms with Crippen LogP contribution in [0.25, 0.3) is 0 Å². The summed E-state index contributed by atoms with van der Waals surface area (Å²) in [6, 6.07) is 7.18. The van der Waals surface area contributed by atoms with Gasteiger partial charge in [0.05, 0.1) is 6.61 Å². The predicted molar refractivity (Wildman–Crippen MR) is 63.6 cm³/mol. The molecular formula is C13H18N2O. The molecule has 0 bridgehead atoms. The summed E-state index contributed by atoms with van der Waals surface area (Å²) in [5.41, 5.74) is 8.86. The van der Waals surface area contributed by atoms with Crippen molar-refractivity contribution in [1.82, 2.24) is 4.90 Å².